The minimum atomic E-state index is -0.225. The molecular weight excluding hydrogens is 450 g/mol. The number of ether oxygens (including phenoxy) is 1. The van der Waals surface area contributed by atoms with Crippen molar-refractivity contribution in [1.82, 2.24) is 9.55 Å². The number of Topliss-reactive ketones (excluding diaryl/α,β-unsaturated/α-hetero) is 1. The predicted molar refractivity (Wildman–Crippen MR) is 106 cm³/mol. The van der Waals surface area contributed by atoms with Crippen LogP contribution in [0.4, 0.5) is 0 Å². The second-order valence-corrected chi connectivity index (χ2v) is 6.53. The van der Waals surface area contributed by atoms with E-state index in [4.69, 9.17) is 26.6 Å². The number of methoxy groups -OCH3 is 1. The van der Waals surface area contributed by atoms with Gasteiger partial charge in [0.15, 0.2) is 10.8 Å². The van der Waals surface area contributed by atoms with Gasteiger partial charge in [-0.05, 0) is 18.2 Å². The summed E-state index contributed by atoms with van der Waals surface area (Å²) >= 11 is 7.26. The molecule has 0 saturated heterocycles. The summed E-state index contributed by atoms with van der Waals surface area (Å²) in [5.74, 6) is -0.299. The minimum absolute atomic E-state index is 0. The normalized spacial score (nSPS) is 9.30. The number of hydrogen-bond donors (Lipinski definition) is 0. The molecule has 0 aliphatic carbocycles. The fourth-order valence-corrected chi connectivity index (χ4v) is 3.45. The van der Waals surface area contributed by atoms with Crippen LogP contribution < -0.4 is 69.3 Å². The zero-order chi connectivity index (χ0) is 21.3. The van der Waals surface area contributed by atoms with Crippen LogP contribution in [0.2, 0.25) is 5.02 Å². The Hall–Kier alpha value is -0.1000. The molecule has 0 amide bonds. The second kappa shape index (κ2) is 16.5. The number of hydrogen-bond acceptors (Lipinski definition) is 7. The van der Waals surface area contributed by atoms with Crippen LogP contribution in [0.1, 0.15) is 39.2 Å². The molecule has 0 aliphatic rings. The number of aromatic nitrogens is 2. The van der Waals surface area contributed by atoms with Crippen molar-refractivity contribution in [3.05, 3.63) is 51.1 Å². The summed E-state index contributed by atoms with van der Waals surface area (Å²) < 4.78 is 7.01. The zero-order valence-electron chi connectivity index (χ0n) is 18.0. The van der Waals surface area contributed by atoms with E-state index in [0.717, 1.165) is 25.1 Å². The third kappa shape index (κ3) is 7.79. The zero-order valence-corrected chi connectivity index (χ0v) is 23.6. The Bertz CT molecular complexity index is 946. The number of carbonyl (C=O) groups is 2. The topological polar surface area (TPSA) is 107 Å². The Morgan fingerprint density at radius 2 is 1.83 bits per heavy atom. The molecule has 0 spiro atoms. The average molecular weight is 471 g/mol. The van der Waals surface area contributed by atoms with Crippen LogP contribution in [0, 0.1) is 0 Å². The first-order valence-corrected chi connectivity index (χ1v) is 9.43. The summed E-state index contributed by atoms with van der Waals surface area (Å²) in [6.45, 7) is 2.09. The maximum atomic E-state index is 12.9. The first-order chi connectivity index (χ1) is 13.5. The van der Waals surface area contributed by atoms with Gasteiger partial charge in [0, 0.05) is 35.5 Å². The summed E-state index contributed by atoms with van der Waals surface area (Å²) in [6, 6.07) is 5.37. The molecule has 30 heavy (non-hydrogen) atoms. The Morgan fingerprint density at radius 1 is 1.20 bits per heavy atom. The molecule has 7 nitrogen and oxygen atoms in total. The molecule has 1 aromatic carbocycles. The van der Waals surface area contributed by atoms with Gasteiger partial charge < -0.3 is 19.5 Å². The van der Waals surface area contributed by atoms with E-state index in [9.17, 15) is 9.59 Å². The van der Waals surface area contributed by atoms with Crippen LogP contribution in [-0.2, 0) is 11.5 Å². The smallest absolute Gasteiger partial charge is 0.857 e. The summed E-state index contributed by atoms with van der Waals surface area (Å²) in [5.41, 5.74) is 1.69. The van der Waals surface area contributed by atoms with E-state index in [1.54, 1.807) is 37.7 Å². The van der Waals surface area contributed by atoms with Crippen molar-refractivity contribution in [2.45, 2.75) is 20.1 Å². The number of benzene rings is 1. The minimum Gasteiger partial charge on any atom is -0.857 e. The van der Waals surface area contributed by atoms with Gasteiger partial charge in [-0.1, -0.05) is 18.5 Å². The van der Waals surface area contributed by atoms with Crippen molar-refractivity contribution in [3.63, 3.8) is 0 Å². The molecule has 0 saturated carbocycles. The van der Waals surface area contributed by atoms with E-state index in [-0.39, 0.29) is 70.7 Å². The van der Waals surface area contributed by atoms with Gasteiger partial charge in [0.25, 0.3) is 0 Å². The molecule has 2 heterocycles. The van der Waals surface area contributed by atoms with Crippen LogP contribution >= 0.6 is 22.9 Å². The molecule has 2 aromatic heterocycles. The quantitative estimate of drug-likeness (QED) is 0.270. The summed E-state index contributed by atoms with van der Waals surface area (Å²) in [7, 11) is 3.09. The van der Waals surface area contributed by atoms with E-state index in [0.29, 0.717) is 34.4 Å². The van der Waals surface area contributed by atoms with Gasteiger partial charge in [-0.2, -0.15) is 14.2 Å². The Kier molecular flexibility index (Phi) is 17.7. The molecule has 0 aliphatic heterocycles. The third-order valence-corrected chi connectivity index (χ3v) is 4.74. The van der Waals surface area contributed by atoms with E-state index >= 15 is 0 Å². The SMILES string of the molecule is CCC(=O)c1csc(C(=O)c2cn(COC)c3ccc(Cl)cc23)n1.C[O-].C[O-].[Na+].[Na+]. The number of thiazole rings is 1. The van der Waals surface area contributed by atoms with E-state index in [1.807, 2.05) is 10.6 Å². The third-order valence-electron chi connectivity index (χ3n) is 3.66. The molecule has 0 radical (unpaired) electrons. The van der Waals surface area contributed by atoms with Crippen LogP contribution in [0.3, 0.4) is 0 Å². The molecule has 0 bridgehead atoms. The van der Waals surface area contributed by atoms with Gasteiger partial charge >= 0.3 is 59.1 Å². The van der Waals surface area contributed by atoms with Crippen LogP contribution in [0.25, 0.3) is 10.9 Å². The maximum absolute atomic E-state index is 12.9. The molecule has 3 rings (SSSR count). The van der Waals surface area contributed by atoms with E-state index in [1.165, 1.54) is 11.3 Å². The van der Waals surface area contributed by atoms with Crippen LogP contribution in [0.15, 0.2) is 29.8 Å². The summed E-state index contributed by atoms with van der Waals surface area (Å²) in [5, 5.41) is 19.7. The van der Waals surface area contributed by atoms with Gasteiger partial charge in [-0.25, -0.2) is 4.98 Å². The molecule has 3 aromatic rings. The van der Waals surface area contributed by atoms with Crippen molar-refractivity contribution >= 4 is 45.4 Å². The molecule has 0 atom stereocenters. The summed E-state index contributed by atoms with van der Waals surface area (Å²) in [4.78, 5) is 28.8. The first kappa shape index (κ1) is 32.1. The Morgan fingerprint density at radius 3 is 2.40 bits per heavy atom. The predicted octanol–water partition coefficient (Wildman–Crippen LogP) is -3.86. The van der Waals surface area contributed by atoms with Crippen molar-refractivity contribution < 1.29 is 83.7 Å². The fourth-order valence-electron chi connectivity index (χ4n) is 2.50. The van der Waals surface area contributed by atoms with Crippen LogP contribution in [-0.4, -0.2) is 42.4 Å². The van der Waals surface area contributed by atoms with Crippen molar-refractivity contribution in [2.24, 2.45) is 0 Å². The standard InChI is InChI=1S/C17H15ClN2O3S.2CH3O.2Na/c1-3-15(21)13-8-24-17(19-13)16(22)12-7-20(9-23-2)14-5-4-10(18)6-11(12)14;2*1-2;;/h4-8H,3,9H2,1-2H3;2*1H3;;/q;2*-1;2*+1. The number of nitrogens with zero attached hydrogens (tertiary/aromatic N) is 2. The molecule has 0 fully saturated rings. The van der Waals surface area contributed by atoms with E-state index in [2.05, 4.69) is 4.98 Å². The van der Waals surface area contributed by atoms with Crippen molar-refractivity contribution in [3.8, 4) is 0 Å². The number of fused-ring (bicyclic) bond motifs is 1. The summed E-state index contributed by atoms with van der Waals surface area (Å²) in [6.07, 6.45) is 2.09. The number of halogens is 1. The monoisotopic (exact) mass is 470 g/mol. The van der Waals surface area contributed by atoms with E-state index < -0.39 is 0 Å². The molecule has 0 N–H and O–H groups in total. The molecular formula is C19H21ClN2Na2O5S. The molecule has 11 heteroatoms. The van der Waals surface area contributed by atoms with Crippen LogP contribution in [0.5, 0.6) is 0 Å². The van der Waals surface area contributed by atoms with Gasteiger partial charge in [0.1, 0.15) is 12.4 Å². The van der Waals surface area contributed by atoms with Gasteiger partial charge in [0.05, 0.1) is 11.1 Å². The fraction of sp³-hybridized carbons (Fsp3) is 0.316. The number of carbonyl (C=O) groups excluding carboxylic acids is 2. The molecule has 152 valence electrons. The Labute approximate surface area is 229 Å². The Balaban J connectivity index is 0. The van der Waals surface area contributed by atoms with Gasteiger partial charge in [0.2, 0.25) is 5.78 Å². The van der Waals surface area contributed by atoms with Crippen molar-refractivity contribution in [1.29, 1.82) is 0 Å². The second-order valence-electron chi connectivity index (χ2n) is 5.24. The number of ketones is 2. The average Bonchev–Trinajstić information content (AvgIpc) is 3.36. The molecule has 0 unspecified atom stereocenters. The first-order valence-electron chi connectivity index (χ1n) is 8.17. The number of rotatable bonds is 6. The van der Waals surface area contributed by atoms with Gasteiger partial charge in [-0.15, -0.1) is 11.3 Å². The largest absolute Gasteiger partial charge is 1.00 e. The van der Waals surface area contributed by atoms with Crippen molar-refractivity contribution in [2.75, 3.05) is 21.3 Å². The van der Waals surface area contributed by atoms with Gasteiger partial charge in [-0.3, -0.25) is 9.59 Å². The maximum Gasteiger partial charge on any atom is 1.00 e.